The van der Waals surface area contributed by atoms with Crippen LogP contribution in [0.4, 0.5) is 0 Å². The maximum absolute atomic E-state index is 13.0. The Morgan fingerprint density at radius 1 is 0.310 bits per heavy atom. The van der Waals surface area contributed by atoms with Crippen molar-refractivity contribution in [1.82, 2.24) is 0 Å². The number of hydrogen-bond acceptors (Lipinski definition) is 15. The molecular weight excluding hydrogens is 1150 g/mol. The molecule has 0 rings (SSSR count). The molecule has 87 heavy (non-hydrogen) atoms. The second-order valence-corrected chi connectivity index (χ2v) is 28.4. The molecule has 3 N–H and O–H groups in total. The number of aliphatic hydroxyl groups is 1. The third-order valence-corrected chi connectivity index (χ3v) is 17.6. The van der Waals surface area contributed by atoms with Crippen molar-refractivity contribution in [3.05, 3.63) is 0 Å². The van der Waals surface area contributed by atoms with Crippen molar-refractivity contribution < 1.29 is 80.2 Å². The van der Waals surface area contributed by atoms with E-state index in [-0.39, 0.29) is 25.7 Å². The fourth-order valence-electron chi connectivity index (χ4n) is 10.2. The van der Waals surface area contributed by atoms with E-state index in [2.05, 4.69) is 41.5 Å². The SMILES string of the molecule is CCCCCCCCCCCC(=O)O[C@H](COC(=O)CCCCCCCCCC)COP(=O)(O)OC[C@H](O)COP(=O)(O)OC[C@@H](COC(=O)CCCCCCCCC(C)C)OC(=O)CCCCCCCCCCCCCCCCCCCCC(C)C. The molecule has 0 heterocycles. The van der Waals surface area contributed by atoms with E-state index in [4.69, 9.17) is 37.0 Å². The molecule has 0 amide bonds. The molecule has 0 aliphatic rings. The van der Waals surface area contributed by atoms with E-state index in [0.29, 0.717) is 31.6 Å². The van der Waals surface area contributed by atoms with E-state index >= 15 is 0 Å². The van der Waals surface area contributed by atoms with Crippen LogP contribution in [-0.2, 0) is 65.4 Å². The van der Waals surface area contributed by atoms with Gasteiger partial charge in [0.1, 0.15) is 19.3 Å². The lowest BCUT2D eigenvalue weighted by Gasteiger charge is -2.21. The highest BCUT2D eigenvalue weighted by molar-refractivity contribution is 7.47. The van der Waals surface area contributed by atoms with Crippen molar-refractivity contribution in [3.8, 4) is 0 Å². The molecule has 0 aromatic carbocycles. The number of unbranched alkanes of at least 4 members (excludes halogenated alkanes) is 37. The first-order valence-corrected chi connectivity index (χ1v) is 38.5. The van der Waals surface area contributed by atoms with Gasteiger partial charge >= 0.3 is 39.5 Å². The van der Waals surface area contributed by atoms with Gasteiger partial charge in [-0.25, -0.2) is 9.13 Å². The third kappa shape index (κ3) is 62.6. The summed E-state index contributed by atoms with van der Waals surface area (Å²) in [4.78, 5) is 72.2. The Kier molecular flexibility index (Phi) is 59.0. The highest BCUT2D eigenvalue weighted by atomic mass is 31.2. The molecule has 2 unspecified atom stereocenters. The Morgan fingerprint density at radius 3 is 0.782 bits per heavy atom. The molecule has 0 saturated carbocycles. The van der Waals surface area contributed by atoms with E-state index in [9.17, 15) is 43.2 Å². The maximum atomic E-state index is 13.0. The van der Waals surface area contributed by atoms with Gasteiger partial charge in [-0.2, -0.15) is 0 Å². The fourth-order valence-corrected chi connectivity index (χ4v) is 11.8. The molecule has 5 atom stereocenters. The van der Waals surface area contributed by atoms with Gasteiger partial charge in [0.2, 0.25) is 0 Å². The van der Waals surface area contributed by atoms with Gasteiger partial charge in [0, 0.05) is 25.7 Å². The van der Waals surface area contributed by atoms with E-state index in [1.54, 1.807) is 0 Å². The smallest absolute Gasteiger partial charge is 0.462 e. The predicted octanol–water partition coefficient (Wildman–Crippen LogP) is 19.2. The summed E-state index contributed by atoms with van der Waals surface area (Å²) >= 11 is 0. The molecule has 0 radical (unpaired) electrons. The lowest BCUT2D eigenvalue weighted by Crippen LogP contribution is -2.30. The number of ether oxygens (including phenoxy) is 4. The van der Waals surface area contributed by atoms with E-state index < -0.39 is 97.5 Å². The summed E-state index contributed by atoms with van der Waals surface area (Å²) < 4.78 is 68.0. The first kappa shape index (κ1) is 85.1. The second kappa shape index (κ2) is 60.3. The molecule has 0 aromatic heterocycles. The summed E-state index contributed by atoms with van der Waals surface area (Å²) in [6.45, 7) is 9.44. The van der Waals surface area contributed by atoms with Crippen LogP contribution in [0.1, 0.15) is 343 Å². The normalized spacial score (nSPS) is 14.2. The minimum atomic E-state index is -4.95. The van der Waals surface area contributed by atoms with Crippen LogP contribution in [0, 0.1) is 11.8 Å². The largest absolute Gasteiger partial charge is 0.472 e. The fraction of sp³-hybridized carbons (Fsp3) is 0.941. The first-order valence-electron chi connectivity index (χ1n) is 35.5. The summed E-state index contributed by atoms with van der Waals surface area (Å²) in [6, 6.07) is 0. The van der Waals surface area contributed by atoms with Crippen molar-refractivity contribution in [2.24, 2.45) is 11.8 Å². The molecule has 17 nitrogen and oxygen atoms in total. The quantitative estimate of drug-likeness (QED) is 0.0222. The molecule has 0 aliphatic heterocycles. The van der Waals surface area contributed by atoms with Gasteiger partial charge in [-0.05, 0) is 37.5 Å². The van der Waals surface area contributed by atoms with Crippen LogP contribution in [-0.4, -0.2) is 96.7 Å². The van der Waals surface area contributed by atoms with Crippen LogP contribution in [0.3, 0.4) is 0 Å². The number of rotatable bonds is 67. The Bertz CT molecular complexity index is 1700. The van der Waals surface area contributed by atoms with Crippen LogP contribution < -0.4 is 0 Å². The predicted molar refractivity (Wildman–Crippen MR) is 349 cm³/mol. The van der Waals surface area contributed by atoms with Crippen LogP contribution >= 0.6 is 15.6 Å². The molecule has 516 valence electrons. The summed E-state index contributed by atoms with van der Waals surface area (Å²) in [6.07, 6.45) is 44.8. The zero-order valence-electron chi connectivity index (χ0n) is 56.3. The molecule has 0 aliphatic carbocycles. The van der Waals surface area contributed by atoms with Crippen LogP contribution in [0.15, 0.2) is 0 Å². The Labute approximate surface area is 530 Å². The van der Waals surface area contributed by atoms with Gasteiger partial charge in [0.25, 0.3) is 0 Å². The van der Waals surface area contributed by atoms with Crippen molar-refractivity contribution in [2.45, 2.75) is 362 Å². The molecule has 19 heteroatoms. The van der Waals surface area contributed by atoms with Gasteiger partial charge in [0.15, 0.2) is 12.2 Å². The van der Waals surface area contributed by atoms with Crippen molar-refractivity contribution in [1.29, 1.82) is 0 Å². The highest BCUT2D eigenvalue weighted by Gasteiger charge is 2.30. The lowest BCUT2D eigenvalue weighted by atomic mass is 10.0. The van der Waals surface area contributed by atoms with Gasteiger partial charge in [0.05, 0.1) is 26.4 Å². The zero-order chi connectivity index (χ0) is 64.3. The van der Waals surface area contributed by atoms with Gasteiger partial charge in [-0.3, -0.25) is 37.3 Å². The van der Waals surface area contributed by atoms with E-state index in [0.717, 1.165) is 109 Å². The van der Waals surface area contributed by atoms with Gasteiger partial charge in [-0.15, -0.1) is 0 Å². The molecule has 0 saturated heterocycles. The topological polar surface area (TPSA) is 237 Å². The minimum Gasteiger partial charge on any atom is -0.462 e. The van der Waals surface area contributed by atoms with Crippen LogP contribution in [0.5, 0.6) is 0 Å². The van der Waals surface area contributed by atoms with Crippen molar-refractivity contribution >= 4 is 39.5 Å². The summed E-state index contributed by atoms with van der Waals surface area (Å²) in [5.74, 6) is -0.635. The third-order valence-electron chi connectivity index (χ3n) is 15.7. The van der Waals surface area contributed by atoms with Crippen molar-refractivity contribution in [2.75, 3.05) is 39.6 Å². The standard InChI is InChI=1S/C68H132O17P2/c1-7-9-11-13-15-27-32-40-46-52-67(72)84-63(56-78-65(70)50-44-38-31-16-14-12-10-8-2)58-82-86(74,75)80-54-62(69)55-81-87(76,77)83-59-64(57-79-66(71)51-45-39-35-34-37-43-49-61(5)6)85-68(73)53-47-41-33-29-26-24-22-20-18-17-19-21-23-25-28-30-36-42-48-60(3)4/h60-64,69H,7-59H2,1-6H3,(H,74,75)(H,76,77)/t62-,63+,64+/m0/s1. The average Bonchev–Trinajstić information content (AvgIpc) is 3.64. The number of carbonyl (C=O) groups is 4. The molecule has 0 aromatic rings. The Hall–Kier alpha value is -1.94. The molecule has 0 bridgehead atoms. The summed E-state index contributed by atoms with van der Waals surface area (Å²) in [5, 5.41) is 10.5. The number of esters is 4. The summed E-state index contributed by atoms with van der Waals surface area (Å²) in [7, 11) is -9.89. The Morgan fingerprint density at radius 2 is 0.529 bits per heavy atom. The number of phosphoric acid groups is 2. The number of carbonyl (C=O) groups excluding carboxylic acids is 4. The zero-order valence-corrected chi connectivity index (χ0v) is 58.1. The number of hydrogen-bond donors (Lipinski definition) is 3. The maximum Gasteiger partial charge on any atom is 0.472 e. The van der Waals surface area contributed by atoms with Crippen LogP contribution in [0.2, 0.25) is 0 Å². The van der Waals surface area contributed by atoms with Gasteiger partial charge < -0.3 is 33.8 Å². The first-order chi connectivity index (χ1) is 41.9. The molecule has 0 spiro atoms. The monoisotopic (exact) mass is 1280 g/mol. The number of phosphoric ester groups is 2. The highest BCUT2D eigenvalue weighted by Crippen LogP contribution is 2.45. The van der Waals surface area contributed by atoms with Crippen LogP contribution in [0.25, 0.3) is 0 Å². The second-order valence-electron chi connectivity index (χ2n) is 25.5. The minimum absolute atomic E-state index is 0.105. The summed E-state index contributed by atoms with van der Waals surface area (Å²) in [5.41, 5.74) is 0. The van der Waals surface area contributed by atoms with E-state index in [1.165, 1.54) is 148 Å². The molecule has 0 fully saturated rings. The number of aliphatic hydroxyl groups excluding tert-OH is 1. The molecular formula is C68H132O17P2. The Balaban J connectivity index is 5.10. The average molecular weight is 1280 g/mol. The lowest BCUT2D eigenvalue weighted by molar-refractivity contribution is -0.161. The van der Waals surface area contributed by atoms with E-state index in [1.807, 2.05) is 0 Å². The van der Waals surface area contributed by atoms with Gasteiger partial charge in [-0.1, -0.05) is 292 Å². The van der Waals surface area contributed by atoms with Crippen molar-refractivity contribution in [3.63, 3.8) is 0 Å².